The normalized spacial score (nSPS) is 30.7. The summed E-state index contributed by atoms with van der Waals surface area (Å²) in [5, 5.41) is 0. The molecule has 0 bridgehead atoms. The molecule has 0 aromatic rings. The Labute approximate surface area is 93.5 Å². The minimum absolute atomic E-state index is 0.310. The molecule has 0 saturated heterocycles. The zero-order valence-electron chi connectivity index (χ0n) is 10.0. The zero-order chi connectivity index (χ0) is 10.8. The van der Waals surface area contributed by atoms with Crippen LogP contribution < -0.4 is 5.73 Å². The van der Waals surface area contributed by atoms with Gasteiger partial charge in [0, 0.05) is 25.2 Å². The smallest absolute Gasteiger partial charge is 0.0229 e. The van der Waals surface area contributed by atoms with Crippen molar-refractivity contribution in [2.75, 3.05) is 13.1 Å². The first kappa shape index (κ1) is 11.2. The summed E-state index contributed by atoms with van der Waals surface area (Å²) >= 11 is 0. The molecule has 2 aliphatic carbocycles. The molecule has 2 nitrogen and oxygen atoms in total. The van der Waals surface area contributed by atoms with E-state index < -0.39 is 0 Å². The lowest BCUT2D eigenvalue weighted by Gasteiger charge is -2.29. The Morgan fingerprint density at radius 3 is 2.47 bits per heavy atom. The lowest BCUT2D eigenvalue weighted by Crippen LogP contribution is -2.36. The summed E-state index contributed by atoms with van der Waals surface area (Å²) in [6, 6.07) is 0.987. The Hall–Kier alpha value is -0.340. The highest BCUT2D eigenvalue weighted by Crippen LogP contribution is 2.31. The van der Waals surface area contributed by atoms with Gasteiger partial charge in [0.1, 0.15) is 0 Å². The topological polar surface area (TPSA) is 29.3 Å². The molecule has 0 aromatic carbocycles. The van der Waals surface area contributed by atoms with Crippen molar-refractivity contribution < 1.29 is 0 Å². The molecule has 0 aromatic heterocycles. The van der Waals surface area contributed by atoms with Gasteiger partial charge in [-0.05, 0) is 44.9 Å². The molecule has 2 rings (SSSR count). The van der Waals surface area contributed by atoms with Gasteiger partial charge in [-0.2, -0.15) is 0 Å². The third-order valence-corrected chi connectivity index (χ3v) is 3.59. The number of hydrogen-bond donors (Lipinski definition) is 1. The van der Waals surface area contributed by atoms with E-state index >= 15 is 0 Å². The second kappa shape index (κ2) is 4.67. The Bertz CT molecular complexity index is 231. The Morgan fingerprint density at radius 2 is 2.00 bits per heavy atom. The van der Waals surface area contributed by atoms with E-state index in [1.165, 1.54) is 25.9 Å². The lowest BCUT2D eigenvalue weighted by molar-refractivity contribution is 0.191. The Morgan fingerprint density at radius 1 is 1.27 bits per heavy atom. The molecule has 1 saturated carbocycles. The molecule has 0 radical (unpaired) electrons. The highest BCUT2D eigenvalue weighted by atomic mass is 15.2. The van der Waals surface area contributed by atoms with Crippen LogP contribution in [0.2, 0.25) is 0 Å². The summed E-state index contributed by atoms with van der Waals surface area (Å²) in [7, 11) is 0. The van der Waals surface area contributed by atoms with E-state index in [1.54, 1.807) is 0 Å². The van der Waals surface area contributed by atoms with E-state index in [-0.39, 0.29) is 0 Å². The monoisotopic (exact) mass is 208 g/mol. The molecule has 2 N–H and O–H groups in total. The van der Waals surface area contributed by atoms with Crippen molar-refractivity contribution in [1.29, 1.82) is 0 Å². The van der Waals surface area contributed by atoms with Crippen molar-refractivity contribution >= 4 is 0 Å². The van der Waals surface area contributed by atoms with Crippen molar-refractivity contribution in [3.63, 3.8) is 0 Å². The second-order valence-corrected chi connectivity index (χ2v) is 5.54. The SMILES string of the molecule is CC(C)N(CC1C=CC(N)C1)CC1CC1. The van der Waals surface area contributed by atoms with Gasteiger partial charge in [0.05, 0.1) is 0 Å². The summed E-state index contributed by atoms with van der Waals surface area (Å²) in [6.07, 6.45) is 8.52. The second-order valence-electron chi connectivity index (χ2n) is 5.54. The van der Waals surface area contributed by atoms with Crippen LogP contribution in [0.4, 0.5) is 0 Å². The highest BCUT2D eigenvalue weighted by molar-refractivity contribution is 5.05. The molecule has 0 spiro atoms. The first-order valence-corrected chi connectivity index (χ1v) is 6.33. The maximum Gasteiger partial charge on any atom is 0.0229 e. The molecule has 2 unspecified atom stereocenters. The van der Waals surface area contributed by atoms with E-state index in [2.05, 4.69) is 30.9 Å². The molecule has 0 amide bonds. The van der Waals surface area contributed by atoms with Crippen LogP contribution in [0.15, 0.2) is 12.2 Å². The summed E-state index contributed by atoms with van der Waals surface area (Å²) in [5.74, 6) is 1.69. The predicted molar refractivity (Wildman–Crippen MR) is 64.7 cm³/mol. The summed E-state index contributed by atoms with van der Waals surface area (Å²) in [4.78, 5) is 2.63. The van der Waals surface area contributed by atoms with Gasteiger partial charge in [-0.15, -0.1) is 0 Å². The van der Waals surface area contributed by atoms with E-state index in [4.69, 9.17) is 5.73 Å². The van der Waals surface area contributed by atoms with Crippen molar-refractivity contribution in [1.82, 2.24) is 4.90 Å². The third-order valence-electron chi connectivity index (χ3n) is 3.59. The van der Waals surface area contributed by atoms with Crippen molar-refractivity contribution in [3.05, 3.63) is 12.2 Å². The molecule has 2 aliphatic rings. The van der Waals surface area contributed by atoms with Crippen LogP contribution in [0.3, 0.4) is 0 Å². The Kier molecular flexibility index (Phi) is 3.47. The first-order chi connectivity index (χ1) is 7.15. The summed E-state index contributed by atoms with van der Waals surface area (Å²) in [5.41, 5.74) is 5.89. The number of rotatable bonds is 5. The van der Waals surface area contributed by atoms with Gasteiger partial charge in [-0.3, -0.25) is 0 Å². The number of nitrogens with zero attached hydrogens (tertiary/aromatic N) is 1. The van der Waals surface area contributed by atoms with Crippen LogP contribution >= 0.6 is 0 Å². The molecule has 15 heavy (non-hydrogen) atoms. The fourth-order valence-corrected chi connectivity index (χ4v) is 2.37. The number of nitrogens with two attached hydrogens (primary N) is 1. The van der Waals surface area contributed by atoms with Crippen molar-refractivity contribution in [2.24, 2.45) is 17.6 Å². The van der Waals surface area contributed by atoms with Gasteiger partial charge in [-0.25, -0.2) is 0 Å². The minimum atomic E-state index is 0.310. The van der Waals surface area contributed by atoms with Crippen LogP contribution in [0.5, 0.6) is 0 Å². The minimum Gasteiger partial charge on any atom is -0.324 e. The van der Waals surface area contributed by atoms with Gasteiger partial charge in [-0.1, -0.05) is 12.2 Å². The summed E-state index contributed by atoms with van der Waals surface area (Å²) in [6.45, 7) is 7.12. The van der Waals surface area contributed by atoms with Gasteiger partial charge >= 0.3 is 0 Å². The van der Waals surface area contributed by atoms with Crippen LogP contribution in [-0.2, 0) is 0 Å². The first-order valence-electron chi connectivity index (χ1n) is 6.33. The molecular formula is C13H24N2. The lowest BCUT2D eigenvalue weighted by atomic mass is 10.1. The highest BCUT2D eigenvalue weighted by Gasteiger charge is 2.27. The zero-order valence-corrected chi connectivity index (χ0v) is 10.0. The van der Waals surface area contributed by atoms with Crippen LogP contribution in [-0.4, -0.2) is 30.1 Å². The summed E-state index contributed by atoms with van der Waals surface area (Å²) < 4.78 is 0. The van der Waals surface area contributed by atoms with Gasteiger partial charge in [0.25, 0.3) is 0 Å². The maximum absolute atomic E-state index is 5.89. The van der Waals surface area contributed by atoms with Crippen molar-refractivity contribution in [3.8, 4) is 0 Å². The molecule has 2 atom stereocenters. The van der Waals surface area contributed by atoms with Crippen LogP contribution in [0.1, 0.15) is 33.1 Å². The van der Waals surface area contributed by atoms with Crippen LogP contribution in [0, 0.1) is 11.8 Å². The van der Waals surface area contributed by atoms with Gasteiger partial charge in [0.2, 0.25) is 0 Å². The molecule has 1 fully saturated rings. The fraction of sp³-hybridized carbons (Fsp3) is 0.846. The van der Waals surface area contributed by atoms with E-state index in [0.717, 1.165) is 12.3 Å². The van der Waals surface area contributed by atoms with Crippen molar-refractivity contribution in [2.45, 2.75) is 45.2 Å². The maximum atomic E-state index is 5.89. The fourth-order valence-electron chi connectivity index (χ4n) is 2.37. The molecule has 0 heterocycles. The largest absolute Gasteiger partial charge is 0.324 e. The average Bonchev–Trinajstić information content (AvgIpc) is 2.89. The van der Waals surface area contributed by atoms with E-state index in [0.29, 0.717) is 18.0 Å². The molecule has 0 aliphatic heterocycles. The van der Waals surface area contributed by atoms with E-state index in [9.17, 15) is 0 Å². The van der Waals surface area contributed by atoms with E-state index in [1.807, 2.05) is 0 Å². The number of hydrogen-bond acceptors (Lipinski definition) is 2. The molecule has 86 valence electrons. The predicted octanol–water partition coefficient (Wildman–Crippen LogP) is 2.01. The Balaban J connectivity index is 1.80. The standard InChI is InChI=1S/C13H24N2/c1-10(2)15(8-11-3-4-11)9-12-5-6-13(14)7-12/h5-6,10-13H,3-4,7-9,14H2,1-2H3. The van der Waals surface area contributed by atoms with Crippen LogP contribution in [0.25, 0.3) is 0 Å². The molecular weight excluding hydrogens is 184 g/mol. The van der Waals surface area contributed by atoms with Gasteiger partial charge < -0.3 is 10.6 Å². The van der Waals surface area contributed by atoms with Gasteiger partial charge in [0.15, 0.2) is 0 Å². The average molecular weight is 208 g/mol. The molecule has 2 heteroatoms. The third kappa shape index (κ3) is 3.32. The quantitative estimate of drug-likeness (QED) is 0.700.